The summed E-state index contributed by atoms with van der Waals surface area (Å²) in [5, 5.41) is 0. The average molecular weight is 178 g/mol. The summed E-state index contributed by atoms with van der Waals surface area (Å²) in [6.45, 7) is 3.81. The van der Waals surface area contributed by atoms with Gasteiger partial charge < -0.3 is 5.73 Å². The Morgan fingerprint density at radius 2 is 2.12 bits per heavy atom. The van der Waals surface area contributed by atoms with Crippen LogP contribution in [0.15, 0.2) is 0 Å². The number of halogens is 1. The Bertz CT molecular complexity index is 91.2. The van der Waals surface area contributed by atoms with Crippen molar-refractivity contribution in [1.82, 2.24) is 0 Å². The molecule has 0 aliphatic heterocycles. The van der Waals surface area contributed by atoms with Crippen molar-refractivity contribution in [3.8, 4) is 12.3 Å². The largest absolute Gasteiger partial charge is 0.315 e. The summed E-state index contributed by atoms with van der Waals surface area (Å²) in [6.07, 6.45) is 5.88. The molecule has 0 fully saturated rings. The van der Waals surface area contributed by atoms with Crippen LogP contribution in [0.1, 0.15) is 20.3 Å². The SMILES string of the molecule is Br.C#CC(C)(N)CC. The Morgan fingerprint density at radius 3 is 2.12 bits per heavy atom. The average Bonchev–Trinajstić information content (AvgIpc) is 1.68. The van der Waals surface area contributed by atoms with E-state index in [9.17, 15) is 0 Å². The third-order valence-electron chi connectivity index (χ3n) is 1.06. The van der Waals surface area contributed by atoms with Gasteiger partial charge in [-0.15, -0.1) is 23.4 Å². The van der Waals surface area contributed by atoms with Gasteiger partial charge >= 0.3 is 0 Å². The maximum Gasteiger partial charge on any atom is 0.0742 e. The van der Waals surface area contributed by atoms with Crippen LogP contribution in [-0.4, -0.2) is 5.54 Å². The first kappa shape index (κ1) is 10.9. The van der Waals surface area contributed by atoms with Crippen molar-refractivity contribution >= 4 is 17.0 Å². The molecule has 1 unspecified atom stereocenters. The van der Waals surface area contributed by atoms with Gasteiger partial charge in [-0.1, -0.05) is 12.8 Å². The summed E-state index contributed by atoms with van der Waals surface area (Å²) in [5.41, 5.74) is 5.09. The molecular formula is C6H12BrN. The van der Waals surface area contributed by atoms with Crippen LogP contribution in [0.4, 0.5) is 0 Å². The summed E-state index contributed by atoms with van der Waals surface area (Å²) in [4.78, 5) is 0. The Morgan fingerprint density at radius 1 is 1.75 bits per heavy atom. The minimum Gasteiger partial charge on any atom is -0.315 e. The smallest absolute Gasteiger partial charge is 0.0742 e. The molecule has 8 heavy (non-hydrogen) atoms. The first-order valence-electron chi connectivity index (χ1n) is 2.39. The molecule has 48 valence electrons. The molecule has 0 aliphatic carbocycles. The third kappa shape index (κ3) is 4.17. The van der Waals surface area contributed by atoms with Crippen LogP contribution < -0.4 is 5.73 Å². The topological polar surface area (TPSA) is 26.0 Å². The maximum absolute atomic E-state index is 5.48. The van der Waals surface area contributed by atoms with Crippen molar-refractivity contribution in [2.24, 2.45) is 5.73 Å². The number of rotatable bonds is 1. The van der Waals surface area contributed by atoms with Gasteiger partial charge in [-0.05, 0) is 13.3 Å². The van der Waals surface area contributed by atoms with E-state index in [1.54, 1.807) is 0 Å². The molecule has 0 saturated heterocycles. The fraction of sp³-hybridized carbons (Fsp3) is 0.667. The second-order valence-corrected chi connectivity index (χ2v) is 1.92. The highest BCUT2D eigenvalue weighted by molar-refractivity contribution is 8.93. The van der Waals surface area contributed by atoms with E-state index in [0.29, 0.717) is 0 Å². The predicted molar refractivity (Wildman–Crippen MR) is 42.0 cm³/mol. The molecule has 0 amide bonds. The van der Waals surface area contributed by atoms with E-state index >= 15 is 0 Å². The van der Waals surface area contributed by atoms with Crippen molar-refractivity contribution in [1.29, 1.82) is 0 Å². The molecule has 0 aromatic rings. The monoisotopic (exact) mass is 177 g/mol. The Balaban J connectivity index is 0. The maximum atomic E-state index is 5.48. The lowest BCUT2D eigenvalue weighted by Gasteiger charge is -2.12. The second kappa shape index (κ2) is 3.94. The lowest BCUT2D eigenvalue weighted by atomic mass is 10.0. The first-order chi connectivity index (χ1) is 3.12. The molecule has 0 spiro atoms. The van der Waals surface area contributed by atoms with Crippen molar-refractivity contribution in [2.75, 3.05) is 0 Å². The van der Waals surface area contributed by atoms with Gasteiger partial charge in [0.15, 0.2) is 0 Å². The van der Waals surface area contributed by atoms with Crippen molar-refractivity contribution in [3.63, 3.8) is 0 Å². The molecule has 1 nitrogen and oxygen atoms in total. The summed E-state index contributed by atoms with van der Waals surface area (Å²) >= 11 is 0. The summed E-state index contributed by atoms with van der Waals surface area (Å²) in [5.74, 6) is 2.47. The van der Waals surface area contributed by atoms with Gasteiger partial charge in [-0.25, -0.2) is 0 Å². The van der Waals surface area contributed by atoms with Crippen LogP contribution in [0.2, 0.25) is 0 Å². The normalized spacial score (nSPS) is 15.2. The Hall–Kier alpha value is 0.00000000000000000694. The lowest BCUT2D eigenvalue weighted by molar-refractivity contribution is 0.586. The third-order valence-corrected chi connectivity index (χ3v) is 1.06. The van der Waals surface area contributed by atoms with Gasteiger partial charge in [-0.2, -0.15) is 0 Å². The van der Waals surface area contributed by atoms with E-state index in [1.807, 2.05) is 13.8 Å². The van der Waals surface area contributed by atoms with Gasteiger partial charge in [0.2, 0.25) is 0 Å². The zero-order valence-corrected chi connectivity index (χ0v) is 6.98. The second-order valence-electron chi connectivity index (χ2n) is 1.92. The molecule has 0 aromatic carbocycles. The molecule has 0 heterocycles. The molecule has 1 atom stereocenters. The highest BCUT2D eigenvalue weighted by atomic mass is 79.9. The predicted octanol–water partition coefficient (Wildman–Crippen LogP) is 1.32. The van der Waals surface area contributed by atoms with Gasteiger partial charge in [0.25, 0.3) is 0 Å². The molecule has 2 heteroatoms. The van der Waals surface area contributed by atoms with Crippen LogP contribution in [0.25, 0.3) is 0 Å². The number of hydrogen-bond acceptors (Lipinski definition) is 1. The number of nitrogens with two attached hydrogens (primary N) is 1. The van der Waals surface area contributed by atoms with Gasteiger partial charge in [-0.3, -0.25) is 0 Å². The van der Waals surface area contributed by atoms with E-state index in [4.69, 9.17) is 12.2 Å². The highest BCUT2D eigenvalue weighted by Crippen LogP contribution is 1.99. The van der Waals surface area contributed by atoms with Crippen LogP contribution in [0, 0.1) is 12.3 Å². The number of terminal acetylenes is 1. The summed E-state index contributed by atoms with van der Waals surface area (Å²) < 4.78 is 0. The zero-order chi connectivity index (χ0) is 5.91. The molecule has 0 aromatic heterocycles. The molecule has 0 aliphatic rings. The van der Waals surface area contributed by atoms with Crippen LogP contribution in [0.5, 0.6) is 0 Å². The zero-order valence-electron chi connectivity index (χ0n) is 5.27. The molecule has 2 N–H and O–H groups in total. The van der Waals surface area contributed by atoms with Crippen molar-refractivity contribution in [2.45, 2.75) is 25.8 Å². The number of hydrogen-bond donors (Lipinski definition) is 1. The van der Waals surface area contributed by atoms with Gasteiger partial charge in [0, 0.05) is 0 Å². The Kier molecular flexibility index (Phi) is 5.36. The van der Waals surface area contributed by atoms with Crippen molar-refractivity contribution < 1.29 is 0 Å². The van der Waals surface area contributed by atoms with E-state index < -0.39 is 0 Å². The quantitative estimate of drug-likeness (QED) is 0.602. The summed E-state index contributed by atoms with van der Waals surface area (Å²) in [7, 11) is 0. The minimum atomic E-state index is -0.389. The molecule has 0 rings (SSSR count). The van der Waals surface area contributed by atoms with E-state index in [-0.39, 0.29) is 22.5 Å². The fourth-order valence-electron chi connectivity index (χ4n) is 0.102. The van der Waals surface area contributed by atoms with E-state index in [2.05, 4.69) is 5.92 Å². The minimum absolute atomic E-state index is 0. The summed E-state index contributed by atoms with van der Waals surface area (Å²) in [6, 6.07) is 0. The highest BCUT2D eigenvalue weighted by Gasteiger charge is 2.08. The molecule has 0 radical (unpaired) electrons. The molecule has 0 bridgehead atoms. The van der Waals surface area contributed by atoms with Gasteiger partial charge in [0.1, 0.15) is 0 Å². The Labute approximate surface area is 61.4 Å². The van der Waals surface area contributed by atoms with E-state index in [0.717, 1.165) is 6.42 Å². The first-order valence-corrected chi connectivity index (χ1v) is 2.39. The molecule has 0 saturated carbocycles. The van der Waals surface area contributed by atoms with Crippen LogP contribution in [0.3, 0.4) is 0 Å². The molecular weight excluding hydrogens is 166 g/mol. The fourth-order valence-corrected chi connectivity index (χ4v) is 0.102. The van der Waals surface area contributed by atoms with Crippen LogP contribution >= 0.6 is 17.0 Å². The van der Waals surface area contributed by atoms with Crippen molar-refractivity contribution in [3.05, 3.63) is 0 Å². The standard InChI is InChI=1S/C6H11N.BrH/c1-4-6(3,7)5-2;/h1H,5,7H2,2-3H3;1H. The lowest BCUT2D eigenvalue weighted by Crippen LogP contribution is -2.32. The van der Waals surface area contributed by atoms with Gasteiger partial charge in [0.05, 0.1) is 5.54 Å². The van der Waals surface area contributed by atoms with E-state index in [1.165, 1.54) is 0 Å². The van der Waals surface area contributed by atoms with Crippen LogP contribution in [-0.2, 0) is 0 Å².